The zero-order valence-corrected chi connectivity index (χ0v) is 17.2. The molecule has 0 bridgehead atoms. The van der Waals surface area contributed by atoms with E-state index < -0.39 is 0 Å². The van der Waals surface area contributed by atoms with E-state index in [4.69, 9.17) is 4.98 Å². The molecule has 0 spiro atoms. The van der Waals surface area contributed by atoms with E-state index in [0.29, 0.717) is 5.13 Å². The quantitative estimate of drug-likeness (QED) is 0.702. The molecular weight excluding hydrogens is 387 g/mol. The van der Waals surface area contributed by atoms with Gasteiger partial charge in [0.05, 0.1) is 31.9 Å². The van der Waals surface area contributed by atoms with E-state index in [1.165, 1.54) is 28.4 Å². The molecule has 2 aromatic carbocycles. The van der Waals surface area contributed by atoms with E-state index in [1.54, 1.807) is 11.8 Å². The molecule has 1 aliphatic heterocycles. The molecule has 0 aliphatic carbocycles. The van der Waals surface area contributed by atoms with Crippen molar-refractivity contribution < 1.29 is 14.1 Å². The van der Waals surface area contributed by atoms with Gasteiger partial charge in [-0.15, -0.1) is 11.3 Å². The highest BCUT2D eigenvalue weighted by atomic mass is 32.1. The summed E-state index contributed by atoms with van der Waals surface area (Å²) in [5, 5.41) is 2.76. The van der Waals surface area contributed by atoms with Crippen LogP contribution in [0.2, 0.25) is 0 Å². The van der Waals surface area contributed by atoms with Crippen LogP contribution in [-0.2, 0) is 11.3 Å². The van der Waals surface area contributed by atoms with Crippen LogP contribution < -0.4 is 14.7 Å². The van der Waals surface area contributed by atoms with E-state index in [1.807, 2.05) is 47.8 Å². The summed E-state index contributed by atoms with van der Waals surface area (Å²) in [6.07, 6.45) is 0. The Morgan fingerprint density at radius 3 is 2.48 bits per heavy atom. The molecule has 1 amide bonds. The lowest BCUT2D eigenvalue weighted by Crippen LogP contribution is -3.13. The highest BCUT2D eigenvalue weighted by Gasteiger charge is 2.23. The number of benzene rings is 2. The summed E-state index contributed by atoms with van der Waals surface area (Å²) in [5.41, 5.74) is 2.92. The van der Waals surface area contributed by atoms with Gasteiger partial charge in [0.25, 0.3) is 0 Å². The van der Waals surface area contributed by atoms with Crippen molar-refractivity contribution in [2.45, 2.75) is 13.5 Å². The minimum Gasteiger partial charge on any atom is -0.360 e. The van der Waals surface area contributed by atoms with Crippen molar-refractivity contribution in [3.8, 4) is 0 Å². The van der Waals surface area contributed by atoms with Crippen LogP contribution in [0.15, 0.2) is 60.0 Å². The molecule has 1 aliphatic rings. The average molecular weight is 412 g/mol. The number of hydrogen-bond acceptors (Lipinski definition) is 4. The summed E-state index contributed by atoms with van der Waals surface area (Å²) in [5.74, 6) is -0.246. The molecule has 0 unspecified atom stereocenters. The molecule has 1 saturated heterocycles. The van der Waals surface area contributed by atoms with E-state index in [9.17, 15) is 9.18 Å². The van der Waals surface area contributed by atoms with Crippen LogP contribution in [0.4, 0.5) is 20.9 Å². The molecule has 0 radical (unpaired) electrons. The number of carbonyl (C=O) groups excluding carboxylic acids is 1. The number of nitrogens with one attached hydrogen (secondary N) is 1. The number of rotatable bonds is 5. The molecule has 0 saturated carbocycles. The van der Waals surface area contributed by atoms with Crippen molar-refractivity contribution in [3.05, 3.63) is 71.5 Å². The first-order valence-corrected chi connectivity index (χ1v) is 10.6. The van der Waals surface area contributed by atoms with Crippen LogP contribution in [0, 0.1) is 5.82 Å². The maximum absolute atomic E-state index is 13.1. The number of thiazole rings is 1. The largest absolute Gasteiger partial charge is 0.360 e. The standard InChI is InChI=1S/C22H23FN4OS/c1-17(28)27(21-5-3-2-4-6-21)22-24-19(16-29-22)15-25-11-13-26(14-12-25)20-9-7-18(23)8-10-20/h2-10,16H,11-15H2,1H3/p+1. The second-order valence-electron chi connectivity index (χ2n) is 7.20. The van der Waals surface area contributed by atoms with Gasteiger partial charge in [-0.2, -0.15) is 0 Å². The number of halogens is 1. The highest BCUT2D eigenvalue weighted by molar-refractivity contribution is 7.14. The molecule has 2 heterocycles. The van der Waals surface area contributed by atoms with Crippen molar-refractivity contribution >= 4 is 33.8 Å². The summed E-state index contributed by atoms with van der Waals surface area (Å²) in [4.78, 5) is 22.4. The normalized spacial score (nSPS) is 14.8. The Morgan fingerprint density at radius 2 is 1.83 bits per heavy atom. The fraction of sp³-hybridized carbons (Fsp3) is 0.273. The Labute approximate surface area is 174 Å². The molecule has 1 N–H and O–H groups in total. The monoisotopic (exact) mass is 411 g/mol. The molecular formula is C22H24FN4OS+. The second-order valence-corrected chi connectivity index (χ2v) is 8.04. The van der Waals surface area contributed by atoms with E-state index in [0.717, 1.165) is 49.8 Å². The smallest absolute Gasteiger partial charge is 0.230 e. The van der Waals surface area contributed by atoms with Gasteiger partial charge in [-0.25, -0.2) is 9.37 Å². The predicted molar refractivity (Wildman–Crippen MR) is 114 cm³/mol. The molecule has 0 atom stereocenters. The summed E-state index contributed by atoms with van der Waals surface area (Å²) < 4.78 is 13.1. The van der Waals surface area contributed by atoms with Gasteiger partial charge in [-0.05, 0) is 36.4 Å². The Bertz CT molecular complexity index is 952. The fourth-order valence-electron chi connectivity index (χ4n) is 3.65. The van der Waals surface area contributed by atoms with Gasteiger partial charge in [0.15, 0.2) is 5.13 Å². The van der Waals surface area contributed by atoms with E-state index in [2.05, 4.69) is 4.90 Å². The third kappa shape index (κ3) is 4.63. The van der Waals surface area contributed by atoms with Gasteiger partial charge in [-0.1, -0.05) is 18.2 Å². The maximum atomic E-state index is 13.1. The number of piperazine rings is 1. The Kier molecular flexibility index (Phi) is 5.87. The van der Waals surface area contributed by atoms with Crippen LogP contribution in [0.25, 0.3) is 0 Å². The summed E-state index contributed by atoms with van der Waals surface area (Å²) >= 11 is 1.50. The number of hydrogen-bond donors (Lipinski definition) is 1. The lowest BCUT2D eigenvalue weighted by atomic mass is 10.2. The lowest BCUT2D eigenvalue weighted by molar-refractivity contribution is -0.914. The Hall–Kier alpha value is -2.77. The first kappa shape index (κ1) is 19.5. The van der Waals surface area contributed by atoms with Gasteiger partial charge in [0.1, 0.15) is 18.1 Å². The predicted octanol–water partition coefficient (Wildman–Crippen LogP) is 2.87. The number of para-hydroxylation sites is 1. The lowest BCUT2D eigenvalue weighted by Gasteiger charge is -2.33. The fourth-order valence-corrected chi connectivity index (χ4v) is 4.54. The van der Waals surface area contributed by atoms with Crippen molar-refractivity contribution in [3.63, 3.8) is 0 Å². The molecule has 3 aromatic rings. The minimum atomic E-state index is -0.201. The van der Waals surface area contributed by atoms with Crippen molar-refractivity contribution in [2.24, 2.45) is 0 Å². The number of quaternary nitrogens is 1. The number of amides is 1. The van der Waals surface area contributed by atoms with Gasteiger partial charge >= 0.3 is 0 Å². The zero-order chi connectivity index (χ0) is 20.2. The molecule has 29 heavy (non-hydrogen) atoms. The average Bonchev–Trinajstić information content (AvgIpc) is 3.18. The third-order valence-corrected chi connectivity index (χ3v) is 6.03. The van der Waals surface area contributed by atoms with Crippen molar-refractivity contribution in [1.82, 2.24) is 4.98 Å². The van der Waals surface area contributed by atoms with Gasteiger partial charge < -0.3 is 9.80 Å². The van der Waals surface area contributed by atoms with Crippen LogP contribution in [-0.4, -0.2) is 37.1 Å². The topological polar surface area (TPSA) is 40.9 Å². The third-order valence-electron chi connectivity index (χ3n) is 5.15. The molecule has 150 valence electrons. The minimum absolute atomic E-state index is 0.0441. The number of nitrogens with zero attached hydrogens (tertiary/aromatic N) is 3. The number of anilines is 3. The van der Waals surface area contributed by atoms with Crippen LogP contribution in [0.3, 0.4) is 0 Å². The van der Waals surface area contributed by atoms with Gasteiger partial charge in [0.2, 0.25) is 5.91 Å². The first-order chi connectivity index (χ1) is 14.1. The second kappa shape index (κ2) is 8.71. The van der Waals surface area contributed by atoms with E-state index in [-0.39, 0.29) is 11.7 Å². The summed E-state index contributed by atoms with van der Waals surface area (Å²) in [6.45, 7) is 6.27. The summed E-state index contributed by atoms with van der Waals surface area (Å²) in [7, 11) is 0. The maximum Gasteiger partial charge on any atom is 0.230 e. The summed E-state index contributed by atoms with van der Waals surface area (Å²) in [6, 6.07) is 16.3. The van der Waals surface area contributed by atoms with Crippen molar-refractivity contribution in [1.29, 1.82) is 0 Å². The highest BCUT2D eigenvalue weighted by Crippen LogP contribution is 2.28. The van der Waals surface area contributed by atoms with Gasteiger partial charge in [0, 0.05) is 18.0 Å². The Morgan fingerprint density at radius 1 is 1.14 bits per heavy atom. The van der Waals surface area contributed by atoms with E-state index >= 15 is 0 Å². The SMILES string of the molecule is CC(=O)N(c1ccccc1)c1nc(C[NH+]2CCN(c3ccc(F)cc3)CC2)cs1. The number of carbonyl (C=O) groups is 1. The van der Waals surface area contributed by atoms with Crippen LogP contribution in [0.5, 0.6) is 0 Å². The Balaban J connectivity index is 1.38. The first-order valence-electron chi connectivity index (χ1n) is 9.74. The van der Waals surface area contributed by atoms with Crippen LogP contribution >= 0.6 is 11.3 Å². The molecule has 4 rings (SSSR count). The van der Waals surface area contributed by atoms with Crippen molar-refractivity contribution in [2.75, 3.05) is 36.0 Å². The van der Waals surface area contributed by atoms with Crippen LogP contribution in [0.1, 0.15) is 12.6 Å². The molecule has 1 fully saturated rings. The zero-order valence-electron chi connectivity index (χ0n) is 16.3. The number of aromatic nitrogens is 1. The molecule has 1 aromatic heterocycles. The van der Waals surface area contributed by atoms with Gasteiger partial charge in [-0.3, -0.25) is 9.69 Å². The molecule has 5 nitrogen and oxygen atoms in total. The molecule has 7 heteroatoms.